The Bertz CT molecular complexity index is 1550. The third kappa shape index (κ3) is 4.37. The van der Waals surface area contributed by atoms with Gasteiger partial charge in [-0.3, -0.25) is 24.4 Å². The molecule has 2 saturated heterocycles. The van der Waals surface area contributed by atoms with E-state index in [0.717, 1.165) is 44.5 Å². The molecule has 9 heteroatoms. The molecule has 3 amide bonds. The summed E-state index contributed by atoms with van der Waals surface area (Å²) >= 11 is 1.55. The number of ether oxygens (including phenoxy) is 1. The van der Waals surface area contributed by atoms with Crippen LogP contribution in [0.2, 0.25) is 0 Å². The van der Waals surface area contributed by atoms with Gasteiger partial charge in [0.2, 0.25) is 11.8 Å². The highest BCUT2D eigenvalue weighted by molar-refractivity contribution is 7.20. The first-order valence-electron chi connectivity index (χ1n) is 12.6. The lowest BCUT2D eigenvalue weighted by atomic mass is 9.93. The monoisotopic (exact) mass is 516 g/mol. The van der Waals surface area contributed by atoms with Crippen LogP contribution in [0, 0.1) is 6.92 Å². The minimum atomic E-state index is -0.455. The van der Waals surface area contributed by atoms with Gasteiger partial charge in [-0.25, -0.2) is 0 Å². The second-order valence-electron chi connectivity index (χ2n) is 9.93. The molecule has 2 aliphatic rings. The van der Waals surface area contributed by atoms with E-state index in [1.165, 1.54) is 5.56 Å². The van der Waals surface area contributed by atoms with Gasteiger partial charge in [0.05, 0.1) is 16.5 Å². The molecule has 1 unspecified atom stereocenters. The standard InChI is InChI=1S/C28H28N4O4S/c1-16-6-7-17-15-23(37-22(17)14-16)28(35)32-12-10-18(11-13-32)36-21-5-3-4-19-25(30-31(2)26(19)21)20-8-9-24(33)29-27(20)34/h3-7,14-15,18,20H,8-13H2,1-2H3,(H,29,33,34). The van der Waals surface area contributed by atoms with E-state index < -0.39 is 5.92 Å². The number of amides is 3. The predicted molar refractivity (Wildman–Crippen MR) is 142 cm³/mol. The fourth-order valence-corrected chi connectivity index (χ4v) is 6.52. The molecule has 2 aliphatic heterocycles. The zero-order valence-electron chi connectivity index (χ0n) is 20.8. The highest BCUT2D eigenvalue weighted by Crippen LogP contribution is 2.35. The molecule has 0 aliphatic carbocycles. The molecule has 0 spiro atoms. The van der Waals surface area contributed by atoms with E-state index in [1.807, 2.05) is 36.2 Å². The topological polar surface area (TPSA) is 93.5 Å². The number of fused-ring (bicyclic) bond motifs is 2. The number of benzene rings is 2. The van der Waals surface area contributed by atoms with Crippen molar-refractivity contribution in [2.45, 2.75) is 44.6 Å². The fourth-order valence-electron chi connectivity index (χ4n) is 5.39. The van der Waals surface area contributed by atoms with Crippen molar-refractivity contribution in [2.24, 2.45) is 7.05 Å². The first-order chi connectivity index (χ1) is 17.9. The Kier molecular flexibility index (Phi) is 5.95. The van der Waals surface area contributed by atoms with Gasteiger partial charge in [0.15, 0.2) is 0 Å². The number of nitrogens with one attached hydrogen (secondary N) is 1. The largest absolute Gasteiger partial charge is 0.488 e. The number of imide groups is 1. The van der Waals surface area contributed by atoms with E-state index in [0.29, 0.717) is 31.6 Å². The molecule has 2 aromatic carbocycles. The summed E-state index contributed by atoms with van der Waals surface area (Å²) in [6.45, 7) is 3.34. The van der Waals surface area contributed by atoms with Crippen LogP contribution in [0.15, 0.2) is 42.5 Å². The maximum absolute atomic E-state index is 13.2. The normalized spacial score (nSPS) is 19.0. The molecule has 2 aromatic heterocycles. The van der Waals surface area contributed by atoms with Crippen molar-refractivity contribution in [1.82, 2.24) is 20.0 Å². The van der Waals surface area contributed by atoms with E-state index in [1.54, 1.807) is 16.0 Å². The van der Waals surface area contributed by atoms with Crippen LogP contribution in [0.1, 0.15) is 52.5 Å². The van der Waals surface area contributed by atoms with Gasteiger partial charge in [-0.05, 0) is 42.5 Å². The Labute approximate surface area is 218 Å². The number of piperidine rings is 2. The van der Waals surface area contributed by atoms with Crippen LogP contribution < -0.4 is 10.1 Å². The number of thiophene rings is 1. The molecule has 37 heavy (non-hydrogen) atoms. The minimum Gasteiger partial charge on any atom is -0.488 e. The van der Waals surface area contributed by atoms with E-state index in [2.05, 4.69) is 35.5 Å². The number of para-hydroxylation sites is 1. The Balaban J connectivity index is 1.16. The van der Waals surface area contributed by atoms with Crippen molar-refractivity contribution in [3.05, 3.63) is 58.6 Å². The molecular weight excluding hydrogens is 488 g/mol. The van der Waals surface area contributed by atoms with Crippen molar-refractivity contribution in [3.8, 4) is 5.75 Å². The number of nitrogens with zero attached hydrogens (tertiary/aromatic N) is 3. The van der Waals surface area contributed by atoms with E-state index in [9.17, 15) is 14.4 Å². The molecule has 1 N–H and O–H groups in total. The van der Waals surface area contributed by atoms with E-state index >= 15 is 0 Å². The number of carbonyl (C=O) groups excluding carboxylic acids is 3. The zero-order valence-corrected chi connectivity index (χ0v) is 21.6. The van der Waals surface area contributed by atoms with Gasteiger partial charge in [-0.15, -0.1) is 11.3 Å². The van der Waals surface area contributed by atoms with Gasteiger partial charge < -0.3 is 9.64 Å². The van der Waals surface area contributed by atoms with Crippen LogP contribution in [0.5, 0.6) is 5.75 Å². The average Bonchev–Trinajstić information content (AvgIpc) is 3.45. The number of carbonyl (C=O) groups is 3. The molecule has 8 nitrogen and oxygen atoms in total. The lowest BCUT2D eigenvalue weighted by Gasteiger charge is -2.32. The summed E-state index contributed by atoms with van der Waals surface area (Å²) in [5, 5.41) is 9.05. The van der Waals surface area contributed by atoms with Crippen molar-refractivity contribution in [3.63, 3.8) is 0 Å². The van der Waals surface area contributed by atoms with Crippen LogP contribution in [0.3, 0.4) is 0 Å². The maximum Gasteiger partial charge on any atom is 0.263 e. The lowest BCUT2D eigenvalue weighted by molar-refractivity contribution is -0.134. The third-order valence-electron chi connectivity index (χ3n) is 7.33. The maximum atomic E-state index is 13.2. The zero-order chi connectivity index (χ0) is 25.7. The Morgan fingerprint density at radius 3 is 2.70 bits per heavy atom. The number of likely N-dealkylation sites (tertiary alicyclic amines) is 1. The molecule has 190 valence electrons. The Hall–Kier alpha value is -3.72. The number of aromatic nitrogens is 2. The molecule has 2 fully saturated rings. The van der Waals surface area contributed by atoms with Crippen LogP contribution in [-0.2, 0) is 16.6 Å². The van der Waals surface area contributed by atoms with Gasteiger partial charge in [-0.1, -0.05) is 24.3 Å². The molecule has 0 radical (unpaired) electrons. The Morgan fingerprint density at radius 1 is 1.11 bits per heavy atom. The summed E-state index contributed by atoms with van der Waals surface area (Å²) in [6, 6.07) is 14.0. The van der Waals surface area contributed by atoms with Gasteiger partial charge in [0, 0.05) is 49.5 Å². The van der Waals surface area contributed by atoms with Gasteiger partial charge >= 0.3 is 0 Å². The molecule has 6 rings (SSSR count). The fraction of sp³-hybridized carbons (Fsp3) is 0.357. The first kappa shape index (κ1) is 23.7. The second-order valence-corrected chi connectivity index (χ2v) is 11.0. The smallest absolute Gasteiger partial charge is 0.263 e. The summed E-state index contributed by atoms with van der Waals surface area (Å²) in [6.07, 6.45) is 2.22. The second kappa shape index (κ2) is 9.30. The quantitative estimate of drug-likeness (QED) is 0.408. The molecular formula is C28H28N4O4S. The summed E-state index contributed by atoms with van der Waals surface area (Å²) in [7, 11) is 1.85. The first-order valence-corrected chi connectivity index (χ1v) is 13.4. The predicted octanol–water partition coefficient (Wildman–Crippen LogP) is 4.30. The SMILES string of the molecule is Cc1ccc2cc(C(=O)N3CCC(Oc4cccc5c(C6CCC(=O)NC6=O)nn(C)c45)CC3)sc2c1. The minimum absolute atomic E-state index is 0.0198. The van der Waals surface area contributed by atoms with Crippen LogP contribution in [0.25, 0.3) is 21.0 Å². The Morgan fingerprint density at radius 2 is 1.92 bits per heavy atom. The summed E-state index contributed by atoms with van der Waals surface area (Å²) in [4.78, 5) is 39.9. The van der Waals surface area contributed by atoms with Crippen molar-refractivity contribution in [1.29, 1.82) is 0 Å². The summed E-state index contributed by atoms with van der Waals surface area (Å²) in [5.41, 5.74) is 2.70. The van der Waals surface area contributed by atoms with E-state index in [-0.39, 0.29) is 23.8 Å². The van der Waals surface area contributed by atoms with Crippen LogP contribution in [0.4, 0.5) is 0 Å². The average molecular weight is 517 g/mol. The number of aryl methyl sites for hydroxylation is 2. The van der Waals surface area contributed by atoms with Crippen LogP contribution >= 0.6 is 11.3 Å². The highest BCUT2D eigenvalue weighted by atomic mass is 32.1. The number of hydrogen-bond donors (Lipinski definition) is 1. The summed E-state index contributed by atoms with van der Waals surface area (Å²) < 4.78 is 9.33. The van der Waals surface area contributed by atoms with Crippen LogP contribution in [-0.4, -0.2) is 51.6 Å². The van der Waals surface area contributed by atoms with Gasteiger partial charge in [0.1, 0.15) is 17.4 Å². The third-order valence-corrected chi connectivity index (χ3v) is 8.42. The van der Waals surface area contributed by atoms with Crippen molar-refractivity contribution in [2.75, 3.05) is 13.1 Å². The summed E-state index contributed by atoms with van der Waals surface area (Å²) in [5.74, 6) is -0.189. The molecule has 4 heterocycles. The van der Waals surface area contributed by atoms with E-state index in [4.69, 9.17) is 4.74 Å². The highest BCUT2D eigenvalue weighted by Gasteiger charge is 2.32. The molecule has 1 atom stereocenters. The lowest BCUT2D eigenvalue weighted by Crippen LogP contribution is -2.41. The molecule has 4 aromatic rings. The van der Waals surface area contributed by atoms with Crippen molar-refractivity contribution < 1.29 is 19.1 Å². The van der Waals surface area contributed by atoms with Gasteiger partial charge in [0.25, 0.3) is 5.91 Å². The number of rotatable bonds is 4. The molecule has 0 bridgehead atoms. The molecule has 0 saturated carbocycles. The number of hydrogen-bond acceptors (Lipinski definition) is 6. The van der Waals surface area contributed by atoms with Crippen molar-refractivity contribution >= 4 is 50.0 Å². The van der Waals surface area contributed by atoms with Gasteiger partial charge in [-0.2, -0.15) is 5.10 Å².